The van der Waals surface area contributed by atoms with E-state index >= 15 is 0 Å². The van der Waals surface area contributed by atoms with Crippen LogP contribution in [0.15, 0.2) is 0 Å². The van der Waals surface area contributed by atoms with Gasteiger partial charge in [0, 0.05) is 11.9 Å². The molecule has 0 aromatic rings. The Morgan fingerprint density at radius 3 is 2.50 bits per heavy atom. The quantitative estimate of drug-likeness (QED) is 0.624. The number of hydrogen-bond acceptors (Lipinski definition) is 1. The fourth-order valence-corrected chi connectivity index (χ4v) is 5.72. The molecule has 2 unspecified atom stereocenters. The second kappa shape index (κ2) is 4.50. The summed E-state index contributed by atoms with van der Waals surface area (Å²) in [5, 5.41) is 4.16. The van der Waals surface area contributed by atoms with Crippen molar-refractivity contribution in [3.8, 4) is 0 Å². The molecule has 2 atom stereocenters. The normalized spacial score (nSPS) is 45.2. The molecule has 18 heavy (non-hydrogen) atoms. The molecule has 0 radical (unpaired) electrons. The molecule has 0 aromatic heterocycles. The maximum Gasteiger partial charge on any atom is 0.226 e. The Hall–Kier alpha value is -0.0500. The Morgan fingerprint density at radius 2 is 1.94 bits per heavy atom. The van der Waals surface area contributed by atoms with Crippen LogP contribution in [-0.2, 0) is 4.79 Å². The highest BCUT2D eigenvalue weighted by Gasteiger charge is 2.58. The van der Waals surface area contributed by atoms with Gasteiger partial charge in [0.25, 0.3) is 0 Å². The second-order valence-electron chi connectivity index (χ2n) is 7.35. The third-order valence-corrected chi connectivity index (χ3v) is 5.99. The zero-order valence-corrected chi connectivity index (χ0v) is 12.9. The maximum absolute atomic E-state index is 12.6. The number of halogens is 1. The monoisotopic (exact) mass is 313 g/mol. The van der Waals surface area contributed by atoms with Crippen LogP contribution in [-0.4, -0.2) is 17.8 Å². The van der Waals surface area contributed by atoms with E-state index in [-0.39, 0.29) is 5.41 Å². The molecule has 4 fully saturated rings. The minimum absolute atomic E-state index is 0.00511. The summed E-state index contributed by atoms with van der Waals surface area (Å²) in [4.78, 5) is 12.6. The van der Waals surface area contributed by atoms with Gasteiger partial charge in [0.2, 0.25) is 5.91 Å². The molecule has 1 N–H and O–H groups in total. The number of rotatable bonds is 4. The first kappa shape index (κ1) is 13.0. The van der Waals surface area contributed by atoms with Crippen LogP contribution in [0, 0.1) is 22.7 Å². The largest absolute Gasteiger partial charge is 0.356 e. The molecular weight excluding hydrogens is 290 g/mol. The molecule has 0 aromatic carbocycles. The Morgan fingerprint density at radius 1 is 1.28 bits per heavy atom. The van der Waals surface area contributed by atoms with Gasteiger partial charge in [0.15, 0.2) is 0 Å². The summed E-state index contributed by atoms with van der Waals surface area (Å²) < 4.78 is 0. The summed E-state index contributed by atoms with van der Waals surface area (Å²) in [6.45, 7) is 3.25. The lowest BCUT2D eigenvalue weighted by atomic mass is 9.44. The Bertz CT molecular complexity index is 340. The van der Waals surface area contributed by atoms with Gasteiger partial charge >= 0.3 is 0 Å². The second-order valence-corrected chi connectivity index (χ2v) is 8.14. The Labute approximate surface area is 118 Å². The number of carbonyl (C=O) groups is 1. The highest BCUT2D eigenvalue weighted by molar-refractivity contribution is 9.09. The lowest BCUT2D eigenvalue weighted by molar-refractivity contribution is -0.155. The predicted molar refractivity (Wildman–Crippen MR) is 76.6 cm³/mol. The van der Waals surface area contributed by atoms with Crippen LogP contribution in [0.25, 0.3) is 0 Å². The molecule has 102 valence electrons. The van der Waals surface area contributed by atoms with Crippen molar-refractivity contribution >= 4 is 21.8 Å². The number of nitrogens with one attached hydrogen (secondary N) is 1. The van der Waals surface area contributed by atoms with Gasteiger partial charge < -0.3 is 5.32 Å². The molecule has 4 aliphatic rings. The van der Waals surface area contributed by atoms with Gasteiger partial charge in [-0.05, 0) is 62.2 Å². The van der Waals surface area contributed by atoms with Crippen molar-refractivity contribution in [2.75, 3.05) is 11.9 Å². The molecular formula is C15H24BrNO. The summed E-state index contributed by atoms with van der Waals surface area (Å²) in [5.41, 5.74) is 0.474. The average Bonchev–Trinajstić information content (AvgIpc) is 2.25. The van der Waals surface area contributed by atoms with Crippen molar-refractivity contribution in [3.05, 3.63) is 0 Å². The van der Waals surface area contributed by atoms with Gasteiger partial charge in [-0.15, -0.1) is 0 Å². The van der Waals surface area contributed by atoms with Gasteiger partial charge in [0.05, 0.1) is 5.41 Å². The lowest BCUT2D eigenvalue weighted by Gasteiger charge is -2.60. The molecule has 4 rings (SSSR count). The molecule has 2 nitrogen and oxygen atoms in total. The van der Waals surface area contributed by atoms with E-state index < -0.39 is 0 Å². The molecule has 4 bridgehead atoms. The molecule has 3 heteroatoms. The van der Waals surface area contributed by atoms with Crippen LogP contribution < -0.4 is 5.32 Å². The summed E-state index contributed by atoms with van der Waals surface area (Å²) in [6.07, 6.45) is 8.66. The van der Waals surface area contributed by atoms with Crippen molar-refractivity contribution in [2.45, 2.75) is 51.9 Å². The smallest absolute Gasteiger partial charge is 0.226 e. The van der Waals surface area contributed by atoms with Crippen molar-refractivity contribution in [3.63, 3.8) is 0 Å². The third kappa shape index (κ3) is 2.13. The van der Waals surface area contributed by atoms with E-state index in [2.05, 4.69) is 28.2 Å². The molecule has 4 aliphatic carbocycles. The predicted octanol–water partition coefficient (Wildman–Crippen LogP) is 3.49. The summed E-state index contributed by atoms with van der Waals surface area (Å²) in [7, 11) is 0. The van der Waals surface area contributed by atoms with Crippen molar-refractivity contribution in [1.29, 1.82) is 0 Å². The van der Waals surface area contributed by atoms with Crippen molar-refractivity contribution in [2.24, 2.45) is 22.7 Å². The van der Waals surface area contributed by atoms with Gasteiger partial charge in [-0.2, -0.15) is 0 Å². The van der Waals surface area contributed by atoms with Crippen LogP contribution in [0.5, 0.6) is 0 Å². The van der Waals surface area contributed by atoms with E-state index in [9.17, 15) is 4.79 Å². The number of amides is 1. The van der Waals surface area contributed by atoms with Gasteiger partial charge in [-0.25, -0.2) is 0 Å². The summed E-state index contributed by atoms with van der Waals surface area (Å²) in [6, 6.07) is 0. The van der Waals surface area contributed by atoms with E-state index in [1.807, 2.05) is 0 Å². The molecule has 1 amide bonds. The zero-order chi connectivity index (χ0) is 12.8. The summed E-state index contributed by atoms with van der Waals surface area (Å²) in [5.74, 6) is 2.03. The number of hydrogen-bond donors (Lipinski definition) is 1. The SMILES string of the molecule is CC12CC3CC(C1)CC(C(=O)NCCCBr)(C3)C2. The van der Waals surface area contributed by atoms with Gasteiger partial charge in [-0.1, -0.05) is 22.9 Å². The standard InChI is InChI=1S/C15H24BrNO/c1-14-6-11-5-12(7-14)9-15(8-11,10-14)13(18)17-4-2-3-16/h11-12H,2-10H2,1H3,(H,17,18). The third-order valence-electron chi connectivity index (χ3n) is 5.43. The maximum atomic E-state index is 12.6. The van der Waals surface area contributed by atoms with E-state index in [0.717, 1.165) is 36.6 Å². The molecule has 0 aliphatic heterocycles. The van der Waals surface area contributed by atoms with Crippen LogP contribution in [0.1, 0.15) is 51.9 Å². The number of alkyl halides is 1. The van der Waals surface area contributed by atoms with Gasteiger partial charge in [-0.3, -0.25) is 4.79 Å². The number of carbonyl (C=O) groups excluding carboxylic acids is 1. The zero-order valence-electron chi connectivity index (χ0n) is 11.3. The molecule has 0 spiro atoms. The first-order valence-corrected chi connectivity index (χ1v) is 8.52. The fourth-order valence-electron chi connectivity index (χ4n) is 5.44. The minimum atomic E-state index is 0.00511. The van der Waals surface area contributed by atoms with E-state index in [1.54, 1.807) is 0 Å². The molecule has 4 saturated carbocycles. The van der Waals surface area contributed by atoms with Crippen LogP contribution in [0.3, 0.4) is 0 Å². The van der Waals surface area contributed by atoms with Gasteiger partial charge in [0.1, 0.15) is 0 Å². The van der Waals surface area contributed by atoms with E-state index in [1.165, 1.54) is 32.1 Å². The topological polar surface area (TPSA) is 29.1 Å². The fraction of sp³-hybridized carbons (Fsp3) is 0.933. The lowest BCUT2D eigenvalue weighted by Crippen LogP contribution is -2.56. The molecule has 0 saturated heterocycles. The van der Waals surface area contributed by atoms with E-state index in [4.69, 9.17) is 0 Å². The highest BCUT2D eigenvalue weighted by atomic mass is 79.9. The molecule has 0 heterocycles. The Kier molecular flexibility index (Phi) is 3.24. The summed E-state index contributed by atoms with van der Waals surface area (Å²) >= 11 is 3.42. The van der Waals surface area contributed by atoms with Crippen molar-refractivity contribution < 1.29 is 4.79 Å². The first-order chi connectivity index (χ1) is 8.55. The average molecular weight is 314 g/mol. The Balaban J connectivity index is 1.72. The minimum Gasteiger partial charge on any atom is -0.356 e. The van der Waals surface area contributed by atoms with Crippen LogP contribution in [0.4, 0.5) is 0 Å². The van der Waals surface area contributed by atoms with E-state index in [0.29, 0.717) is 11.3 Å². The van der Waals surface area contributed by atoms with Crippen LogP contribution in [0.2, 0.25) is 0 Å². The highest BCUT2D eigenvalue weighted by Crippen LogP contribution is 2.65. The first-order valence-electron chi connectivity index (χ1n) is 7.40. The van der Waals surface area contributed by atoms with Crippen LogP contribution >= 0.6 is 15.9 Å². The van der Waals surface area contributed by atoms with Crippen molar-refractivity contribution in [1.82, 2.24) is 5.32 Å².